The van der Waals surface area contributed by atoms with Crippen LogP contribution in [0.3, 0.4) is 0 Å². The number of rotatable bonds is 5. The summed E-state index contributed by atoms with van der Waals surface area (Å²) >= 11 is 8.34. The van der Waals surface area contributed by atoms with E-state index in [1.807, 2.05) is 91.9 Å². The summed E-state index contributed by atoms with van der Waals surface area (Å²) in [5.74, 6) is 0.758. The summed E-state index contributed by atoms with van der Waals surface area (Å²) < 4.78 is 6.51. The van der Waals surface area contributed by atoms with Gasteiger partial charge in [0.1, 0.15) is 5.75 Å². The Morgan fingerprint density at radius 2 is 1.70 bits per heavy atom. The zero-order chi connectivity index (χ0) is 21.1. The van der Waals surface area contributed by atoms with Crippen LogP contribution in [0, 0.1) is 3.57 Å². The maximum atomic E-state index is 13.4. The second kappa shape index (κ2) is 9.06. The van der Waals surface area contributed by atoms with Crippen molar-refractivity contribution in [2.45, 2.75) is 6.92 Å². The van der Waals surface area contributed by atoms with Gasteiger partial charge in [0.25, 0.3) is 5.91 Å². The molecule has 0 radical (unpaired) electrons. The van der Waals surface area contributed by atoms with E-state index in [-0.39, 0.29) is 5.91 Å². The van der Waals surface area contributed by atoms with Gasteiger partial charge in [-0.05, 0) is 89.2 Å². The Morgan fingerprint density at radius 1 is 1.00 bits per heavy atom. The molecule has 0 aromatic heterocycles. The smallest absolute Gasteiger partial charge is 0.262 e. The maximum absolute atomic E-state index is 13.4. The van der Waals surface area contributed by atoms with Gasteiger partial charge in [0, 0.05) is 14.2 Å². The van der Waals surface area contributed by atoms with Gasteiger partial charge in [-0.15, -0.1) is 0 Å². The molecule has 0 N–H and O–H groups in total. The lowest BCUT2D eigenvalue weighted by Crippen LogP contribution is -2.25. The van der Waals surface area contributed by atoms with Gasteiger partial charge in [0.2, 0.25) is 0 Å². The van der Waals surface area contributed by atoms with Crippen LogP contribution in [0.4, 0.5) is 5.69 Å². The van der Waals surface area contributed by atoms with Gasteiger partial charge in [-0.25, -0.2) is 0 Å². The minimum absolute atomic E-state index is 0.0575. The molecule has 150 valence electrons. The van der Waals surface area contributed by atoms with Gasteiger partial charge in [-0.3, -0.25) is 9.69 Å². The second-order valence-electron chi connectivity index (χ2n) is 6.73. The van der Waals surface area contributed by atoms with Crippen molar-refractivity contribution in [3.8, 4) is 5.75 Å². The van der Waals surface area contributed by atoms with Crippen molar-refractivity contribution in [2.24, 2.45) is 0 Å². The minimum Gasteiger partial charge on any atom is -0.494 e. The van der Waals surface area contributed by atoms with Gasteiger partial charge in [0.05, 0.1) is 18.0 Å². The lowest BCUT2D eigenvalue weighted by atomic mass is 10.1. The number of ether oxygens (including phenoxy) is 1. The first-order valence-electron chi connectivity index (χ1n) is 9.58. The van der Waals surface area contributed by atoms with E-state index in [0.717, 1.165) is 31.8 Å². The van der Waals surface area contributed by atoms with E-state index in [1.54, 1.807) is 4.90 Å². The highest BCUT2D eigenvalue weighted by Crippen LogP contribution is 2.37. The number of amides is 1. The van der Waals surface area contributed by atoms with Gasteiger partial charge in [-0.2, -0.15) is 0 Å². The maximum Gasteiger partial charge on any atom is 0.262 e. The molecular formula is C25H19ClINO2. The van der Waals surface area contributed by atoms with Crippen LogP contribution >= 0.6 is 34.2 Å². The first-order chi connectivity index (χ1) is 14.6. The normalized spacial score (nSPS) is 14.9. The van der Waals surface area contributed by atoms with Crippen LogP contribution in [0.2, 0.25) is 5.02 Å². The number of carbonyl (C=O) groups excluding carboxylic acids is 1. The molecule has 0 atom stereocenters. The molecule has 1 amide bonds. The highest BCUT2D eigenvalue weighted by Gasteiger charge is 2.31. The van der Waals surface area contributed by atoms with E-state index in [2.05, 4.69) is 22.6 Å². The first kappa shape index (κ1) is 20.7. The van der Waals surface area contributed by atoms with Crippen molar-refractivity contribution in [2.75, 3.05) is 11.5 Å². The van der Waals surface area contributed by atoms with E-state index < -0.39 is 0 Å². The lowest BCUT2D eigenvalue weighted by molar-refractivity contribution is -0.113. The van der Waals surface area contributed by atoms with Gasteiger partial charge in [0.15, 0.2) is 0 Å². The molecule has 0 unspecified atom stereocenters. The molecule has 0 saturated carbocycles. The van der Waals surface area contributed by atoms with Crippen LogP contribution in [0.15, 0.2) is 84.4 Å². The topological polar surface area (TPSA) is 29.5 Å². The SMILES string of the molecule is CCOc1ccc(/C=C2\C=C(c3ccc(Cl)cc3)N(c3ccccc3I)C2=O)cc1. The molecule has 1 heterocycles. The molecule has 0 spiro atoms. The van der Waals surface area contributed by atoms with E-state index in [0.29, 0.717) is 17.2 Å². The molecule has 0 fully saturated rings. The van der Waals surface area contributed by atoms with Crippen molar-refractivity contribution in [3.63, 3.8) is 0 Å². The Labute approximate surface area is 194 Å². The summed E-state index contributed by atoms with van der Waals surface area (Å²) in [6.07, 6.45) is 3.84. The van der Waals surface area contributed by atoms with Crippen LogP contribution in [-0.2, 0) is 4.79 Å². The fourth-order valence-electron chi connectivity index (χ4n) is 3.33. The van der Waals surface area contributed by atoms with E-state index >= 15 is 0 Å². The fraction of sp³-hybridized carbons (Fsp3) is 0.0800. The van der Waals surface area contributed by atoms with E-state index in [4.69, 9.17) is 16.3 Å². The Bertz CT molecular complexity index is 1130. The molecule has 3 nitrogen and oxygen atoms in total. The third kappa shape index (κ3) is 4.30. The van der Waals surface area contributed by atoms with Crippen LogP contribution in [0.5, 0.6) is 5.75 Å². The summed E-state index contributed by atoms with van der Waals surface area (Å²) in [7, 11) is 0. The molecule has 0 aliphatic carbocycles. The van der Waals surface area contributed by atoms with Gasteiger partial charge < -0.3 is 4.74 Å². The zero-order valence-electron chi connectivity index (χ0n) is 16.3. The number of hydrogen-bond donors (Lipinski definition) is 0. The molecule has 3 aromatic carbocycles. The summed E-state index contributed by atoms with van der Waals surface area (Å²) in [6.45, 7) is 2.58. The second-order valence-corrected chi connectivity index (χ2v) is 8.33. The van der Waals surface area contributed by atoms with Gasteiger partial charge in [-0.1, -0.05) is 48.0 Å². The first-order valence-corrected chi connectivity index (χ1v) is 11.0. The number of hydrogen-bond acceptors (Lipinski definition) is 2. The van der Waals surface area contributed by atoms with Crippen LogP contribution in [-0.4, -0.2) is 12.5 Å². The molecule has 5 heteroatoms. The predicted molar refractivity (Wildman–Crippen MR) is 132 cm³/mol. The average Bonchev–Trinajstić information content (AvgIpc) is 3.06. The number of nitrogens with zero attached hydrogens (tertiary/aromatic N) is 1. The third-order valence-corrected chi connectivity index (χ3v) is 5.89. The zero-order valence-corrected chi connectivity index (χ0v) is 19.2. The molecular weight excluding hydrogens is 509 g/mol. The van der Waals surface area contributed by atoms with Crippen molar-refractivity contribution >= 4 is 57.6 Å². The number of carbonyl (C=O) groups is 1. The molecule has 30 heavy (non-hydrogen) atoms. The monoisotopic (exact) mass is 527 g/mol. The highest BCUT2D eigenvalue weighted by molar-refractivity contribution is 14.1. The molecule has 0 bridgehead atoms. The van der Waals surface area contributed by atoms with Crippen molar-refractivity contribution in [3.05, 3.63) is 104 Å². The minimum atomic E-state index is -0.0575. The van der Waals surface area contributed by atoms with Crippen molar-refractivity contribution < 1.29 is 9.53 Å². The predicted octanol–water partition coefficient (Wildman–Crippen LogP) is 6.81. The molecule has 4 rings (SSSR count). The summed E-state index contributed by atoms with van der Waals surface area (Å²) in [4.78, 5) is 15.2. The summed E-state index contributed by atoms with van der Waals surface area (Å²) in [6, 6.07) is 23.1. The van der Waals surface area contributed by atoms with Crippen LogP contribution in [0.1, 0.15) is 18.1 Å². The molecule has 1 aliphatic heterocycles. The number of anilines is 1. The number of benzene rings is 3. The summed E-state index contributed by atoms with van der Waals surface area (Å²) in [5, 5.41) is 0.662. The van der Waals surface area contributed by atoms with Crippen LogP contribution in [0.25, 0.3) is 11.8 Å². The third-order valence-electron chi connectivity index (χ3n) is 4.73. The van der Waals surface area contributed by atoms with E-state index in [9.17, 15) is 4.79 Å². The standard InChI is InChI=1S/C25H19ClINO2/c1-2-30-21-13-7-17(8-14-21)15-19-16-24(18-9-11-20(26)12-10-18)28(25(19)29)23-6-4-3-5-22(23)27/h3-16H,2H2,1H3/b19-15+. The Balaban J connectivity index is 1.77. The Hall–Kier alpha value is -2.57. The Kier molecular flexibility index (Phi) is 6.25. The van der Waals surface area contributed by atoms with E-state index in [1.165, 1.54) is 0 Å². The largest absolute Gasteiger partial charge is 0.494 e. The summed E-state index contributed by atoms with van der Waals surface area (Å²) in [5.41, 5.74) is 4.20. The molecule has 1 aliphatic rings. The highest BCUT2D eigenvalue weighted by atomic mass is 127. The molecule has 0 saturated heterocycles. The van der Waals surface area contributed by atoms with Gasteiger partial charge >= 0.3 is 0 Å². The van der Waals surface area contributed by atoms with Crippen LogP contribution < -0.4 is 9.64 Å². The molecule has 3 aromatic rings. The number of para-hydroxylation sites is 1. The fourth-order valence-corrected chi connectivity index (χ4v) is 4.08. The number of halogens is 2. The lowest BCUT2D eigenvalue weighted by Gasteiger charge is -2.22. The average molecular weight is 528 g/mol. The quantitative estimate of drug-likeness (QED) is 0.269. The van der Waals surface area contributed by atoms with Crippen molar-refractivity contribution in [1.82, 2.24) is 0 Å². The Morgan fingerprint density at radius 3 is 2.37 bits per heavy atom. The van der Waals surface area contributed by atoms with Crippen molar-refractivity contribution in [1.29, 1.82) is 0 Å².